The number of furan rings is 1. The first-order valence-electron chi connectivity index (χ1n) is 5.80. The summed E-state index contributed by atoms with van der Waals surface area (Å²) in [6.45, 7) is 3.07. The van der Waals surface area contributed by atoms with E-state index in [1.54, 1.807) is 6.07 Å². The fourth-order valence-corrected chi connectivity index (χ4v) is 1.85. The summed E-state index contributed by atoms with van der Waals surface area (Å²) < 4.78 is 11.3. The van der Waals surface area contributed by atoms with Crippen molar-refractivity contribution < 1.29 is 8.94 Å². The van der Waals surface area contributed by atoms with Crippen molar-refractivity contribution >= 4 is 15.9 Å². The summed E-state index contributed by atoms with van der Waals surface area (Å²) in [6.07, 6.45) is 0.983. The monoisotopic (exact) mass is 313 g/mol. The lowest BCUT2D eigenvalue weighted by atomic mass is 10.1. The molecule has 0 amide bonds. The fourth-order valence-electron chi connectivity index (χ4n) is 1.55. The lowest BCUT2D eigenvalue weighted by Gasteiger charge is -2.11. The molecule has 18 heavy (non-hydrogen) atoms. The van der Waals surface area contributed by atoms with E-state index in [0.717, 1.165) is 13.0 Å². The Morgan fingerprint density at radius 3 is 2.78 bits per heavy atom. The molecule has 98 valence electrons. The van der Waals surface area contributed by atoms with Gasteiger partial charge in [0.15, 0.2) is 10.4 Å². The maximum Gasteiger partial charge on any atom is 0.238 e. The Balaban J connectivity index is 2.06. The van der Waals surface area contributed by atoms with Crippen LogP contribution in [0.1, 0.15) is 25.2 Å². The standard InChI is InChI=1S/C12H16BrN3O2/c1-8(6-7-16(2)3)12-14-11(15-18-12)9-4-5-10(13)17-9/h4-5,8H,6-7H2,1-3H3. The third-order valence-corrected chi connectivity index (χ3v) is 3.09. The highest BCUT2D eigenvalue weighted by Gasteiger charge is 2.17. The molecule has 1 unspecified atom stereocenters. The van der Waals surface area contributed by atoms with Crippen molar-refractivity contribution in [3.05, 3.63) is 22.7 Å². The minimum atomic E-state index is 0.243. The highest BCUT2D eigenvalue weighted by Crippen LogP contribution is 2.25. The SMILES string of the molecule is CC(CCN(C)C)c1nc(-c2ccc(Br)o2)no1. The Labute approximate surface area is 114 Å². The van der Waals surface area contributed by atoms with E-state index in [1.165, 1.54) is 0 Å². The summed E-state index contributed by atoms with van der Waals surface area (Å²) >= 11 is 3.25. The second-order valence-corrected chi connectivity index (χ2v) is 5.33. The first kappa shape index (κ1) is 13.3. The van der Waals surface area contributed by atoms with Crippen LogP contribution < -0.4 is 0 Å². The molecule has 0 saturated heterocycles. The van der Waals surface area contributed by atoms with Gasteiger partial charge in [0.2, 0.25) is 11.7 Å². The Hall–Kier alpha value is -1.14. The van der Waals surface area contributed by atoms with E-state index in [-0.39, 0.29) is 5.92 Å². The molecule has 0 radical (unpaired) electrons. The van der Waals surface area contributed by atoms with E-state index < -0.39 is 0 Å². The van der Waals surface area contributed by atoms with Gasteiger partial charge in [-0.2, -0.15) is 4.98 Å². The van der Waals surface area contributed by atoms with Crippen LogP contribution in [0.5, 0.6) is 0 Å². The van der Waals surface area contributed by atoms with E-state index in [1.807, 2.05) is 20.2 Å². The second-order valence-electron chi connectivity index (χ2n) is 4.55. The topological polar surface area (TPSA) is 55.3 Å². The molecular weight excluding hydrogens is 298 g/mol. The zero-order chi connectivity index (χ0) is 13.1. The Morgan fingerprint density at radius 2 is 2.17 bits per heavy atom. The molecule has 5 nitrogen and oxygen atoms in total. The second kappa shape index (κ2) is 5.67. The summed E-state index contributed by atoms with van der Waals surface area (Å²) in [4.78, 5) is 6.50. The minimum Gasteiger partial charge on any atom is -0.446 e. The van der Waals surface area contributed by atoms with Crippen molar-refractivity contribution in [2.45, 2.75) is 19.3 Å². The van der Waals surface area contributed by atoms with Gasteiger partial charge < -0.3 is 13.8 Å². The van der Waals surface area contributed by atoms with Gasteiger partial charge in [0.1, 0.15) is 0 Å². The Morgan fingerprint density at radius 1 is 1.39 bits per heavy atom. The summed E-state index contributed by atoms with van der Waals surface area (Å²) in [6, 6.07) is 3.62. The molecule has 2 heterocycles. The number of nitrogens with zero attached hydrogens (tertiary/aromatic N) is 3. The van der Waals surface area contributed by atoms with E-state index in [9.17, 15) is 0 Å². The first-order valence-corrected chi connectivity index (χ1v) is 6.59. The van der Waals surface area contributed by atoms with Crippen molar-refractivity contribution in [1.82, 2.24) is 15.0 Å². The number of halogens is 1. The Bertz CT molecular complexity index is 507. The van der Waals surface area contributed by atoms with Gasteiger partial charge in [-0.15, -0.1) is 0 Å². The molecule has 0 aliphatic rings. The average molecular weight is 314 g/mol. The van der Waals surface area contributed by atoms with E-state index in [4.69, 9.17) is 8.94 Å². The lowest BCUT2D eigenvalue weighted by Crippen LogP contribution is -2.15. The number of rotatable bonds is 5. The van der Waals surface area contributed by atoms with Gasteiger partial charge in [-0.1, -0.05) is 12.1 Å². The summed E-state index contributed by atoms with van der Waals surface area (Å²) in [5, 5.41) is 3.93. The van der Waals surface area contributed by atoms with Crippen LogP contribution in [0.25, 0.3) is 11.6 Å². The van der Waals surface area contributed by atoms with Crippen molar-refractivity contribution in [3.63, 3.8) is 0 Å². The van der Waals surface area contributed by atoms with Crippen LogP contribution in [-0.2, 0) is 0 Å². The van der Waals surface area contributed by atoms with Crippen molar-refractivity contribution in [3.8, 4) is 11.6 Å². The molecule has 0 saturated carbocycles. The molecule has 0 N–H and O–H groups in total. The fraction of sp³-hybridized carbons (Fsp3) is 0.500. The number of aromatic nitrogens is 2. The molecule has 0 aliphatic carbocycles. The van der Waals surface area contributed by atoms with Crippen LogP contribution in [0, 0.1) is 0 Å². The van der Waals surface area contributed by atoms with E-state index in [2.05, 4.69) is 37.9 Å². The number of hydrogen-bond donors (Lipinski definition) is 0. The maximum absolute atomic E-state index is 5.38. The molecule has 2 aromatic rings. The van der Waals surface area contributed by atoms with Crippen LogP contribution in [0.15, 0.2) is 25.7 Å². The molecular formula is C12H16BrN3O2. The summed E-state index contributed by atoms with van der Waals surface area (Å²) in [5.41, 5.74) is 0. The number of hydrogen-bond acceptors (Lipinski definition) is 5. The third kappa shape index (κ3) is 3.20. The van der Waals surface area contributed by atoms with Crippen LogP contribution in [0.4, 0.5) is 0 Å². The predicted octanol–water partition coefficient (Wildman–Crippen LogP) is 3.15. The van der Waals surface area contributed by atoms with Crippen LogP contribution in [-0.4, -0.2) is 35.7 Å². The zero-order valence-corrected chi connectivity index (χ0v) is 12.3. The van der Waals surface area contributed by atoms with Gasteiger partial charge in [-0.05, 0) is 55.1 Å². The van der Waals surface area contributed by atoms with Crippen molar-refractivity contribution in [2.24, 2.45) is 0 Å². The first-order chi connectivity index (χ1) is 8.56. The predicted molar refractivity (Wildman–Crippen MR) is 71.3 cm³/mol. The normalized spacial score (nSPS) is 13.2. The van der Waals surface area contributed by atoms with Crippen LogP contribution in [0.3, 0.4) is 0 Å². The van der Waals surface area contributed by atoms with E-state index >= 15 is 0 Å². The van der Waals surface area contributed by atoms with Crippen LogP contribution in [0.2, 0.25) is 0 Å². The molecule has 6 heteroatoms. The summed E-state index contributed by atoms with van der Waals surface area (Å²) in [5.74, 6) is 2.00. The van der Waals surface area contributed by atoms with Gasteiger partial charge in [0.25, 0.3) is 0 Å². The van der Waals surface area contributed by atoms with E-state index in [0.29, 0.717) is 22.1 Å². The lowest BCUT2D eigenvalue weighted by molar-refractivity contribution is 0.328. The van der Waals surface area contributed by atoms with Gasteiger partial charge in [0.05, 0.1) is 0 Å². The largest absolute Gasteiger partial charge is 0.446 e. The van der Waals surface area contributed by atoms with Crippen molar-refractivity contribution in [2.75, 3.05) is 20.6 Å². The van der Waals surface area contributed by atoms with Gasteiger partial charge in [-0.3, -0.25) is 0 Å². The smallest absolute Gasteiger partial charge is 0.238 e. The highest BCUT2D eigenvalue weighted by atomic mass is 79.9. The maximum atomic E-state index is 5.38. The minimum absolute atomic E-state index is 0.243. The molecule has 2 rings (SSSR count). The zero-order valence-electron chi connectivity index (χ0n) is 10.7. The molecule has 0 fully saturated rings. The average Bonchev–Trinajstić information content (AvgIpc) is 2.93. The molecule has 1 atom stereocenters. The Kier molecular flexibility index (Phi) is 4.19. The quantitative estimate of drug-likeness (QED) is 0.848. The molecule has 0 aromatic carbocycles. The summed E-state index contributed by atoms with van der Waals surface area (Å²) in [7, 11) is 4.10. The van der Waals surface area contributed by atoms with Crippen molar-refractivity contribution in [1.29, 1.82) is 0 Å². The van der Waals surface area contributed by atoms with Crippen LogP contribution >= 0.6 is 15.9 Å². The third-order valence-electron chi connectivity index (χ3n) is 2.67. The molecule has 0 spiro atoms. The highest BCUT2D eigenvalue weighted by molar-refractivity contribution is 9.10. The molecule has 2 aromatic heterocycles. The molecule has 0 bridgehead atoms. The van der Waals surface area contributed by atoms with Gasteiger partial charge in [0, 0.05) is 5.92 Å². The van der Waals surface area contributed by atoms with Gasteiger partial charge in [-0.25, -0.2) is 0 Å². The van der Waals surface area contributed by atoms with Gasteiger partial charge >= 0.3 is 0 Å². The molecule has 0 aliphatic heterocycles.